The number of benzene rings is 1. The van der Waals surface area contributed by atoms with Crippen LogP contribution in [-0.4, -0.2) is 41.3 Å². The number of likely N-dealkylation sites (N-methyl/N-ethyl adjacent to an activating group) is 1. The second-order valence-corrected chi connectivity index (χ2v) is 6.86. The molecule has 2 aromatic rings. The first kappa shape index (κ1) is 16.6. The Morgan fingerprint density at radius 3 is 2.83 bits per heavy atom. The quantitative estimate of drug-likeness (QED) is 0.928. The summed E-state index contributed by atoms with van der Waals surface area (Å²) in [6, 6.07) is 9.70. The molecule has 0 spiro atoms. The summed E-state index contributed by atoms with van der Waals surface area (Å²) >= 11 is 1.49. The summed E-state index contributed by atoms with van der Waals surface area (Å²) in [6.45, 7) is 0.614. The number of thiazole rings is 1. The van der Waals surface area contributed by atoms with E-state index in [1.165, 1.54) is 16.9 Å². The highest BCUT2D eigenvalue weighted by molar-refractivity contribution is 7.09. The Kier molecular flexibility index (Phi) is 5.25. The highest BCUT2D eigenvalue weighted by atomic mass is 32.1. The Morgan fingerprint density at radius 1 is 1.29 bits per heavy atom. The predicted molar refractivity (Wildman–Crippen MR) is 94.1 cm³/mol. The molecule has 1 aliphatic heterocycles. The van der Waals surface area contributed by atoms with E-state index in [2.05, 4.69) is 22.4 Å². The zero-order chi connectivity index (χ0) is 16.9. The molecular weight excluding hydrogens is 322 g/mol. The van der Waals surface area contributed by atoms with Crippen molar-refractivity contribution in [3.63, 3.8) is 0 Å². The molecule has 1 aromatic heterocycles. The van der Waals surface area contributed by atoms with Gasteiger partial charge < -0.3 is 10.2 Å². The maximum Gasteiger partial charge on any atom is 0.274 e. The molecule has 0 saturated carbocycles. The van der Waals surface area contributed by atoms with Crippen molar-refractivity contribution in [1.29, 1.82) is 0 Å². The molecule has 126 valence electrons. The third-order valence-electron chi connectivity index (χ3n) is 4.28. The molecule has 1 saturated heterocycles. The molecule has 1 N–H and O–H groups in total. The summed E-state index contributed by atoms with van der Waals surface area (Å²) < 4.78 is 0. The van der Waals surface area contributed by atoms with Gasteiger partial charge in [0.15, 0.2) is 0 Å². The molecule has 1 aliphatic rings. The molecule has 24 heavy (non-hydrogen) atoms. The molecule has 0 radical (unpaired) electrons. The van der Waals surface area contributed by atoms with Crippen LogP contribution in [0.4, 0.5) is 0 Å². The van der Waals surface area contributed by atoms with Crippen molar-refractivity contribution in [2.45, 2.75) is 31.7 Å². The van der Waals surface area contributed by atoms with Crippen LogP contribution in [0.1, 0.15) is 40.3 Å². The Morgan fingerprint density at radius 2 is 2.08 bits per heavy atom. The summed E-state index contributed by atoms with van der Waals surface area (Å²) in [4.78, 5) is 31.0. The van der Waals surface area contributed by atoms with Crippen molar-refractivity contribution in [3.8, 4) is 0 Å². The number of carbonyl (C=O) groups excluding carboxylic acids is 2. The van der Waals surface area contributed by atoms with Crippen molar-refractivity contribution in [2.75, 3.05) is 13.6 Å². The highest BCUT2D eigenvalue weighted by Crippen LogP contribution is 2.22. The van der Waals surface area contributed by atoms with Crippen LogP contribution in [0.25, 0.3) is 0 Å². The second-order valence-electron chi connectivity index (χ2n) is 5.91. The third kappa shape index (κ3) is 3.64. The monoisotopic (exact) mass is 343 g/mol. The maximum absolute atomic E-state index is 12.8. The topological polar surface area (TPSA) is 62.3 Å². The number of hydrogen-bond acceptors (Lipinski definition) is 4. The Labute approximate surface area is 145 Å². The number of carbonyl (C=O) groups is 2. The fourth-order valence-electron chi connectivity index (χ4n) is 3.02. The van der Waals surface area contributed by atoms with E-state index in [0.717, 1.165) is 24.3 Å². The predicted octanol–water partition coefficient (Wildman–Crippen LogP) is 2.47. The second kappa shape index (κ2) is 7.57. The van der Waals surface area contributed by atoms with Gasteiger partial charge in [-0.15, -0.1) is 11.3 Å². The van der Waals surface area contributed by atoms with Gasteiger partial charge in [-0.25, -0.2) is 4.98 Å². The highest BCUT2D eigenvalue weighted by Gasteiger charge is 2.32. The van der Waals surface area contributed by atoms with E-state index in [9.17, 15) is 9.59 Å². The number of likely N-dealkylation sites (tertiary alicyclic amines) is 1. The van der Waals surface area contributed by atoms with E-state index >= 15 is 0 Å². The SMILES string of the molecule is CNC(=O)[C@H]1CCCCN1C(=O)c1csc(Cc2ccccc2)n1. The number of rotatable bonds is 4. The normalized spacial score (nSPS) is 17.5. The molecule has 5 nitrogen and oxygen atoms in total. The van der Waals surface area contributed by atoms with Crippen molar-refractivity contribution < 1.29 is 9.59 Å². The lowest BCUT2D eigenvalue weighted by atomic mass is 10.0. The number of hydrogen-bond donors (Lipinski definition) is 1. The lowest BCUT2D eigenvalue weighted by Gasteiger charge is -2.33. The van der Waals surface area contributed by atoms with E-state index in [0.29, 0.717) is 18.7 Å². The van der Waals surface area contributed by atoms with Gasteiger partial charge in [0.05, 0.1) is 5.01 Å². The van der Waals surface area contributed by atoms with Crippen LogP contribution in [0.2, 0.25) is 0 Å². The minimum absolute atomic E-state index is 0.0946. The lowest BCUT2D eigenvalue weighted by molar-refractivity contribution is -0.126. The van der Waals surface area contributed by atoms with E-state index < -0.39 is 0 Å². The van der Waals surface area contributed by atoms with E-state index in [1.54, 1.807) is 17.3 Å². The minimum Gasteiger partial charge on any atom is -0.357 e. The summed E-state index contributed by atoms with van der Waals surface area (Å²) in [7, 11) is 1.61. The number of amides is 2. The van der Waals surface area contributed by atoms with Gasteiger partial charge in [-0.2, -0.15) is 0 Å². The Balaban J connectivity index is 1.73. The largest absolute Gasteiger partial charge is 0.357 e. The van der Waals surface area contributed by atoms with E-state index in [4.69, 9.17) is 0 Å². The van der Waals surface area contributed by atoms with Gasteiger partial charge in [0.1, 0.15) is 11.7 Å². The van der Waals surface area contributed by atoms with Crippen LogP contribution < -0.4 is 5.32 Å². The lowest BCUT2D eigenvalue weighted by Crippen LogP contribution is -2.51. The fourth-order valence-corrected chi connectivity index (χ4v) is 3.82. The number of piperidine rings is 1. The molecule has 0 bridgehead atoms. The van der Waals surface area contributed by atoms with Crippen LogP contribution in [0.5, 0.6) is 0 Å². The molecular formula is C18H21N3O2S. The summed E-state index contributed by atoms with van der Waals surface area (Å²) in [5.74, 6) is -0.235. The van der Waals surface area contributed by atoms with Crippen LogP contribution >= 0.6 is 11.3 Å². The molecule has 3 rings (SSSR count). The smallest absolute Gasteiger partial charge is 0.274 e. The van der Waals surface area contributed by atoms with E-state index in [-0.39, 0.29) is 17.9 Å². The average Bonchev–Trinajstić information content (AvgIpc) is 3.09. The number of nitrogens with zero attached hydrogens (tertiary/aromatic N) is 2. The zero-order valence-corrected chi connectivity index (χ0v) is 14.5. The standard InChI is InChI=1S/C18H21N3O2S/c1-19-17(22)15-9-5-6-10-21(15)18(23)14-12-24-16(20-14)11-13-7-3-2-4-8-13/h2-4,7-8,12,15H,5-6,9-11H2,1H3,(H,19,22)/t15-/m1/s1. The first-order chi connectivity index (χ1) is 11.7. The van der Waals surface area contributed by atoms with Crippen molar-refractivity contribution in [3.05, 3.63) is 52.0 Å². The van der Waals surface area contributed by atoms with Crippen molar-refractivity contribution in [2.24, 2.45) is 0 Å². The molecule has 0 unspecified atom stereocenters. The minimum atomic E-state index is -0.379. The summed E-state index contributed by atoms with van der Waals surface area (Å²) in [5, 5.41) is 5.37. The van der Waals surface area contributed by atoms with Gasteiger partial charge in [0, 0.05) is 25.4 Å². The number of aromatic nitrogens is 1. The molecule has 1 aromatic carbocycles. The van der Waals surface area contributed by atoms with Gasteiger partial charge in [-0.3, -0.25) is 9.59 Å². The maximum atomic E-state index is 12.8. The van der Waals surface area contributed by atoms with Gasteiger partial charge in [0.2, 0.25) is 5.91 Å². The Hall–Kier alpha value is -2.21. The summed E-state index contributed by atoms with van der Waals surface area (Å²) in [6.07, 6.45) is 3.34. The van der Waals surface area contributed by atoms with Gasteiger partial charge in [0.25, 0.3) is 5.91 Å². The molecule has 0 aliphatic carbocycles. The molecule has 1 fully saturated rings. The van der Waals surface area contributed by atoms with Crippen LogP contribution in [-0.2, 0) is 11.2 Å². The van der Waals surface area contributed by atoms with Crippen molar-refractivity contribution >= 4 is 23.2 Å². The molecule has 2 heterocycles. The zero-order valence-electron chi connectivity index (χ0n) is 13.7. The number of nitrogens with one attached hydrogen (secondary N) is 1. The molecule has 6 heteroatoms. The van der Waals surface area contributed by atoms with Gasteiger partial charge >= 0.3 is 0 Å². The molecule has 2 amide bonds. The van der Waals surface area contributed by atoms with Gasteiger partial charge in [-0.05, 0) is 24.8 Å². The first-order valence-electron chi connectivity index (χ1n) is 8.20. The van der Waals surface area contributed by atoms with Crippen LogP contribution in [0, 0.1) is 0 Å². The Bertz CT molecular complexity index is 714. The summed E-state index contributed by atoms with van der Waals surface area (Å²) in [5.41, 5.74) is 1.62. The molecule has 1 atom stereocenters. The first-order valence-corrected chi connectivity index (χ1v) is 9.08. The van der Waals surface area contributed by atoms with E-state index in [1.807, 2.05) is 18.2 Å². The third-order valence-corrected chi connectivity index (χ3v) is 5.13. The average molecular weight is 343 g/mol. The van der Waals surface area contributed by atoms with Crippen LogP contribution in [0.15, 0.2) is 35.7 Å². The van der Waals surface area contributed by atoms with Gasteiger partial charge in [-0.1, -0.05) is 30.3 Å². The van der Waals surface area contributed by atoms with Crippen LogP contribution in [0.3, 0.4) is 0 Å². The van der Waals surface area contributed by atoms with Crippen molar-refractivity contribution in [1.82, 2.24) is 15.2 Å². The fraction of sp³-hybridized carbons (Fsp3) is 0.389.